The third kappa shape index (κ3) is 3.14. The first-order valence-electron chi connectivity index (χ1n) is 10.6. The maximum absolute atomic E-state index is 13.6. The van der Waals surface area contributed by atoms with Crippen LogP contribution in [0.2, 0.25) is 0 Å². The molecule has 8 nitrogen and oxygen atoms in total. The van der Waals surface area contributed by atoms with Crippen molar-refractivity contribution in [1.82, 2.24) is 35.2 Å². The average Bonchev–Trinajstić information content (AvgIpc) is 3.53. The van der Waals surface area contributed by atoms with E-state index in [0.717, 1.165) is 46.7 Å². The summed E-state index contributed by atoms with van der Waals surface area (Å²) in [4.78, 5) is 4.74. The molecule has 0 saturated heterocycles. The van der Waals surface area contributed by atoms with Crippen molar-refractivity contribution in [3.05, 3.63) is 47.4 Å². The highest BCUT2D eigenvalue weighted by atomic mass is 19.4. The van der Waals surface area contributed by atoms with E-state index < -0.39 is 11.9 Å². The van der Waals surface area contributed by atoms with Crippen LogP contribution < -0.4 is 5.32 Å². The van der Waals surface area contributed by atoms with Crippen LogP contribution >= 0.6 is 0 Å². The number of aromatic nitrogens is 7. The summed E-state index contributed by atoms with van der Waals surface area (Å²) >= 11 is 0. The number of nitrogens with one attached hydrogen (secondary N) is 3. The number of H-pyrrole nitrogens is 2. The molecule has 0 atom stereocenters. The summed E-state index contributed by atoms with van der Waals surface area (Å²) in [5.41, 5.74) is 2.77. The van der Waals surface area contributed by atoms with Crippen LogP contribution in [0, 0.1) is 0 Å². The van der Waals surface area contributed by atoms with Crippen molar-refractivity contribution in [2.45, 2.75) is 31.9 Å². The molecule has 1 aromatic carbocycles. The summed E-state index contributed by atoms with van der Waals surface area (Å²) in [7, 11) is 1.83. The largest absolute Gasteiger partial charge is 0.433 e. The summed E-state index contributed by atoms with van der Waals surface area (Å²) in [6, 6.07) is 5.52. The zero-order valence-electron chi connectivity index (χ0n) is 17.6. The van der Waals surface area contributed by atoms with Gasteiger partial charge in [-0.2, -0.15) is 28.5 Å². The number of alkyl halides is 3. The van der Waals surface area contributed by atoms with E-state index in [1.54, 1.807) is 4.68 Å². The summed E-state index contributed by atoms with van der Waals surface area (Å²) in [6.07, 6.45) is 1.77. The topological polar surface area (TPSA) is 100 Å². The van der Waals surface area contributed by atoms with Crippen molar-refractivity contribution < 1.29 is 13.2 Å². The maximum atomic E-state index is 13.6. The molecule has 0 unspecified atom stereocenters. The van der Waals surface area contributed by atoms with Crippen molar-refractivity contribution in [2.24, 2.45) is 7.05 Å². The van der Waals surface area contributed by atoms with Gasteiger partial charge in [0.15, 0.2) is 11.6 Å². The molecule has 33 heavy (non-hydrogen) atoms. The molecule has 0 saturated carbocycles. The SMILES string of the molecule is Cn1ccc(Nc2n[nH]c3ccc4nc(-c5cn[nH]c5C(F)(F)F)c5c(c4c23)CCCC5)n1. The number of benzene rings is 1. The Balaban J connectivity index is 1.62. The van der Waals surface area contributed by atoms with E-state index in [2.05, 4.69) is 30.8 Å². The predicted octanol–water partition coefficient (Wildman–Crippen LogP) is 4.88. The van der Waals surface area contributed by atoms with Gasteiger partial charge in [0.05, 0.1) is 33.9 Å². The fourth-order valence-electron chi connectivity index (χ4n) is 4.73. The molecule has 1 aliphatic carbocycles. The summed E-state index contributed by atoms with van der Waals surface area (Å²) in [5, 5.41) is 22.7. The van der Waals surface area contributed by atoms with Crippen LogP contribution in [0.4, 0.5) is 24.8 Å². The highest BCUT2D eigenvalue weighted by Crippen LogP contribution is 2.42. The van der Waals surface area contributed by atoms with E-state index in [-0.39, 0.29) is 5.56 Å². The third-order valence-electron chi connectivity index (χ3n) is 6.13. The lowest BCUT2D eigenvalue weighted by molar-refractivity contribution is -0.140. The Labute approximate surface area is 185 Å². The molecule has 11 heteroatoms. The van der Waals surface area contributed by atoms with E-state index in [9.17, 15) is 13.2 Å². The van der Waals surface area contributed by atoms with Gasteiger partial charge in [0.1, 0.15) is 5.69 Å². The van der Waals surface area contributed by atoms with Gasteiger partial charge in [-0.1, -0.05) is 0 Å². The normalized spacial score (nSPS) is 14.2. The molecule has 4 aromatic heterocycles. The molecule has 168 valence electrons. The Morgan fingerprint density at radius 2 is 1.85 bits per heavy atom. The second-order valence-corrected chi connectivity index (χ2v) is 8.24. The summed E-state index contributed by atoms with van der Waals surface area (Å²) in [5.74, 6) is 1.26. The zero-order valence-corrected chi connectivity index (χ0v) is 17.6. The van der Waals surface area contributed by atoms with Crippen LogP contribution in [-0.2, 0) is 26.1 Å². The smallest absolute Gasteiger partial charge is 0.321 e. The number of aromatic amines is 2. The summed E-state index contributed by atoms with van der Waals surface area (Å²) in [6.45, 7) is 0. The molecule has 5 aromatic rings. The average molecular weight is 452 g/mol. The van der Waals surface area contributed by atoms with Gasteiger partial charge in [0.2, 0.25) is 0 Å². The number of halogens is 3. The Kier molecular flexibility index (Phi) is 4.23. The lowest BCUT2D eigenvalue weighted by Crippen LogP contribution is -2.11. The molecule has 6 rings (SSSR count). The molecular weight excluding hydrogens is 433 g/mol. The number of hydrogen-bond acceptors (Lipinski definition) is 5. The molecular formula is C22H19F3N8. The number of nitrogens with zero attached hydrogens (tertiary/aromatic N) is 5. The molecule has 0 bridgehead atoms. The first kappa shape index (κ1) is 19.8. The first-order chi connectivity index (χ1) is 15.9. The van der Waals surface area contributed by atoms with Crippen LogP contribution in [0.1, 0.15) is 29.7 Å². The quantitative estimate of drug-likeness (QED) is 0.362. The highest BCUT2D eigenvalue weighted by molar-refractivity contribution is 6.13. The number of rotatable bonds is 3. The molecule has 3 N–H and O–H groups in total. The number of pyridine rings is 1. The van der Waals surface area contributed by atoms with Crippen LogP contribution in [0.15, 0.2) is 30.6 Å². The molecule has 0 radical (unpaired) electrons. The van der Waals surface area contributed by atoms with E-state index >= 15 is 0 Å². The van der Waals surface area contributed by atoms with E-state index in [4.69, 9.17) is 4.98 Å². The fourth-order valence-corrected chi connectivity index (χ4v) is 4.73. The molecule has 0 amide bonds. The minimum absolute atomic E-state index is 0.0123. The Bertz CT molecular complexity index is 1510. The van der Waals surface area contributed by atoms with Gasteiger partial charge in [-0.25, -0.2) is 4.98 Å². The predicted molar refractivity (Wildman–Crippen MR) is 117 cm³/mol. The number of anilines is 2. The van der Waals surface area contributed by atoms with Gasteiger partial charge in [-0.3, -0.25) is 14.9 Å². The standard InChI is InChI=1S/C22H19F3N8/c1-33-9-8-16(32-33)28-21-18-15(29-31-21)7-6-14-17(18)11-4-2-3-5-12(11)19(27-14)13-10-26-30-20(13)22(23,24)25/h6-10H,2-5H2,1H3,(H,26,30)(H2,28,29,31,32). The van der Waals surface area contributed by atoms with Crippen LogP contribution in [0.5, 0.6) is 0 Å². The maximum Gasteiger partial charge on any atom is 0.433 e. The molecule has 0 fully saturated rings. The Hall–Kier alpha value is -3.89. The van der Waals surface area contributed by atoms with Crippen molar-refractivity contribution in [2.75, 3.05) is 5.32 Å². The monoisotopic (exact) mass is 452 g/mol. The lowest BCUT2D eigenvalue weighted by atomic mass is 9.85. The third-order valence-corrected chi connectivity index (χ3v) is 6.13. The van der Waals surface area contributed by atoms with Crippen LogP contribution in [0.25, 0.3) is 33.1 Å². The second-order valence-electron chi connectivity index (χ2n) is 8.24. The van der Waals surface area contributed by atoms with Crippen molar-refractivity contribution >= 4 is 33.4 Å². The van der Waals surface area contributed by atoms with E-state index in [1.165, 1.54) is 6.20 Å². The molecule has 1 aliphatic rings. The van der Waals surface area contributed by atoms with E-state index in [1.807, 2.05) is 31.4 Å². The van der Waals surface area contributed by atoms with Crippen molar-refractivity contribution in [3.8, 4) is 11.3 Å². The molecule has 0 aliphatic heterocycles. The van der Waals surface area contributed by atoms with Gasteiger partial charge in [0.25, 0.3) is 0 Å². The van der Waals surface area contributed by atoms with Gasteiger partial charge >= 0.3 is 6.18 Å². The minimum atomic E-state index is -4.54. The number of aryl methyl sites for hydroxylation is 2. The first-order valence-corrected chi connectivity index (χ1v) is 10.6. The van der Waals surface area contributed by atoms with Crippen molar-refractivity contribution in [3.63, 3.8) is 0 Å². The molecule has 0 spiro atoms. The van der Waals surface area contributed by atoms with E-state index in [0.29, 0.717) is 29.3 Å². The number of fused-ring (bicyclic) bond motifs is 5. The van der Waals surface area contributed by atoms with Crippen molar-refractivity contribution in [1.29, 1.82) is 0 Å². The molecule has 4 heterocycles. The minimum Gasteiger partial charge on any atom is -0.321 e. The van der Waals surface area contributed by atoms with Gasteiger partial charge < -0.3 is 5.32 Å². The highest BCUT2D eigenvalue weighted by Gasteiger charge is 2.37. The zero-order chi connectivity index (χ0) is 22.7. The lowest BCUT2D eigenvalue weighted by Gasteiger charge is -2.22. The van der Waals surface area contributed by atoms with Crippen LogP contribution in [-0.4, -0.2) is 35.2 Å². The Morgan fingerprint density at radius 1 is 1.03 bits per heavy atom. The van der Waals surface area contributed by atoms with Gasteiger partial charge in [-0.05, 0) is 48.9 Å². The summed E-state index contributed by atoms with van der Waals surface area (Å²) < 4.78 is 42.5. The number of hydrogen-bond donors (Lipinski definition) is 3. The second kappa shape index (κ2) is 7.06. The van der Waals surface area contributed by atoms with Gasteiger partial charge in [-0.15, -0.1) is 0 Å². The Morgan fingerprint density at radius 3 is 2.61 bits per heavy atom. The van der Waals surface area contributed by atoms with Gasteiger partial charge in [0, 0.05) is 24.7 Å². The van der Waals surface area contributed by atoms with Crippen LogP contribution in [0.3, 0.4) is 0 Å². The fraction of sp³-hybridized carbons (Fsp3) is 0.273.